The number of sulfonamides is 1. The Morgan fingerprint density at radius 2 is 1.79 bits per heavy atom. The zero-order chi connectivity index (χ0) is 27.9. The van der Waals surface area contributed by atoms with Gasteiger partial charge in [0.2, 0.25) is 10.0 Å². The van der Waals surface area contributed by atoms with Crippen molar-refractivity contribution in [2.45, 2.75) is 81.6 Å². The van der Waals surface area contributed by atoms with Crippen LogP contribution in [0.5, 0.6) is 5.75 Å². The molecule has 0 radical (unpaired) electrons. The van der Waals surface area contributed by atoms with Crippen LogP contribution in [0.3, 0.4) is 0 Å². The van der Waals surface area contributed by atoms with E-state index in [9.17, 15) is 26.4 Å². The fourth-order valence-electron chi connectivity index (χ4n) is 5.59. The van der Waals surface area contributed by atoms with Crippen molar-refractivity contribution >= 4 is 16.1 Å². The van der Waals surface area contributed by atoms with Gasteiger partial charge in [-0.1, -0.05) is 0 Å². The van der Waals surface area contributed by atoms with Crippen LogP contribution in [0, 0.1) is 11.8 Å². The predicted octanol–water partition coefficient (Wildman–Crippen LogP) is 3.95. The average Bonchev–Trinajstić information content (AvgIpc) is 3.40. The molecule has 9 nitrogen and oxygen atoms in total. The Morgan fingerprint density at radius 3 is 2.42 bits per heavy atom. The Balaban J connectivity index is 1.40. The number of fused-ring (bicyclic) bond motifs is 1. The summed E-state index contributed by atoms with van der Waals surface area (Å²) in [5.41, 5.74) is -0.618. The zero-order valence-electron chi connectivity index (χ0n) is 22.0. The number of ether oxygens (including phenoxy) is 3. The number of alkyl halides is 3. The van der Waals surface area contributed by atoms with Crippen molar-refractivity contribution in [3.63, 3.8) is 0 Å². The van der Waals surface area contributed by atoms with Crippen molar-refractivity contribution in [2.75, 3.05) is 26.7 Å². The van der Waals surface area contributed by atoms with E-state index < -0.39 is 40.1 Å². The molecule has 2 unspecified atom stereocenters. The molecule has 0 bridgehead atoms. The first kappa shape index (κ1) is 28.9. The normalized spacial score (nSPS) is 28.7. The van der Waals surface area contributed by atoms with E-state index in [0.29, 0.717) is 19.7 Å². The first-order valence-corrected chi connectivity index (χ1v) is 14.3. The van der Waals surface area contributed by atoms with Gasteiger partial charge in [0.25, 0.3) is 0 Å². The predicted molar refractivity (Wildman–Crippen MR) is 132 cm³/mol. The molecular weight excluding hydrogens is 527 g/mol. The SMILES string of the molecule is CN(C(=O)OC(C)(C)C)C1CCCOC1N[C@H]1CC[C@@H]2CN(S(=O)(=O)c3ccc(OC(F)(F)F)cc3)C[C@@H]21. The van der Waals surface area contributed by atoms with E-state index >= 15 is 0 Å². The molecule has 214 valence electrons. The molecule has 3 aliphatic rings. The van der Waals surface area contributed by atoms with E-state index in [0.717, 1.165) is 49.9 Å². The Morgan fingerprint density at radius 1 is 1.11 bits per heavy atom. The molecule has 1 aliphatic carbocycles. The molecule has 1 amide bonds. The molecule has 13 heteroatoms. The summed E-state index contributed by atoms with van der Waals surface area (Å²) in [5.74, 6) is -0.270. The van der Waals surface area contributed by atoms with Gasteiger partial charge in [-0.2, -0.15) is 4.31 Å². The van der Waals surface area contributed by atoms with Gasteiger partial charge in [-0.15, -0.1) is 13.2 Å². The maximum atomic E-state index is 13.2. The van der Waals surface area contributed by atoms with Gasteiger partial charge in [0.1, 0.15) is 17.6 Å². The van der Waals surface area contributed by atoms with Crippen LogP contribution in [0.2, 0.25) is 0 Å². The van der Waals surface area contributed by atoms with E-state index in [1.54, 1.807) is 11.9 Å². The standard InChI is InChI=1S/C25H36F3N3O6S/c1-24(2,3)37-23(32)30(4)21-6-5-13-35-22(21)29-20-12-7-16-14-31(15-19(16)20)38(33,34)18-10-8-17(9-11-18)36-25(26,27)28/h8-11,16,19-22,29H,5-7,12-15H2,1-4H3/t16-,19+,20+,21?,22?/m1/s1. The summed E-state index contributed by atoms with van der Waals surface area (Å²) in [5, 5.41) is 3.56. The third kappa shape index (κ3) is 6.72. The molecule has 3 fully saturated rings. The Kier molecular flexibility index (Phi) is 8.23. The minimum absolute atomic E-state index is 0.000369. The van der Waals surface area contributed by atoms with Crippen LogP contribution in [0.15, 0.2) is 29.2 Å². The summed E-state index contributed by atoms with van der Waals surface area (Å²) in [6.45, 7) is 6.65. The van der Waals surface area contributed by atoms with Crippen molar-refractivity contribution < 1.29 is 40.6 Å². The largest absolute Gasteiger partial charge is 0.573 e. The molecule has 2 aliphatic heterocycles. The summed E-state index contributed by atoms with van der Waals surface area (Å²) < 4.78 is 80.6. The number of nitrogens with one attached hydrogen (secondary N) is 1. The van der Waals surface area contributed by atoms with Crippen LogP contribution in [0.4, 0.5) is 18.0 Å². The van der Waals surface area contributed by atoms with Gasteiger partial charge in [0.05, 0.1) is 10.9 Å². The summed E-state index contributed by atoms with van der Waals surface area (Å²) in [6.07, 6.45) is -2.42. The highest BCUT2D eigenvalue weighted by molar-refractivity contribution is 7.89. The number of nitrogens with zero attached hydrogens (tertiary/aromatic N) is 2. The van der Waals surface area contributed by atoms with E-state index in [4.69, 9.17) is 9.47 Å². The quantitative estimate of drug-likeness (QED) is 0.560. The Bertz CT molecular complexity index is 1090. The molecule has 1 aromatic rings. The number of rotatable bonds is 6. The maximum Gasteiger partial charge on any atom is 0.573 e. The molecule has 1 saturated carbocycles. The van der Waals surface area contributed by atoms with Gasteiger partial charge in [-0.25, -0.2) is 13.2 Å². The van der Waals surface area contributed by atoms with E-state index in [1.165, 1.54) is 4.31 Å². The fraction of sp³-hybridized carbons (Fsp3) is 0.720. The molecule has 1 N–H and O–H groups in total. The van der Waals surface area contributed by atoms with Crippen LogP contribution < -0.4 is 10.1 Å². The smallest absolute Gasteiger partial charge is 0.444 e. The van der Waals surface area contributed by atoms with Gasteiger partial charge in [0, 0.05) is 32.8 Å². The first-order valence-electron chi connectivity index (χ1n) is 12.8. The van der Waals surface area contributed by atoms with Gasteiger partial charge in [-0.3, -0.25) is 5.32 Å². The highest BCUT2D eigenvalue weighted by atomic mass is 32.2. The number of amides is 1. The molecule has 0 spiro atoms. The molecule has 38 heavy (non-hydrogen) atoms. The van der Waals surface area contributed by atoms with Crippen LogP contribution in [0.25, 0.3) is 0 Å². The first-order chi connectivity index (χ1) is 17.6. The second kappa shape index (κ2) is 10.8. The number of carbonyl (C=O) groups is 1. The molecule has 1 aromatic carbocycles. The second-order valence-corrected chi connectivity index (χ2v) is 13.1. The van der Waals surface area contributed by atoms with Crippen LogP contribution in [-0.4, -0.2) is 80.7 Å². The van der Waals surface area contributed by atoms with Gasteiger partial charge < -0.3 is 19.1 Å². The molecule has 2 saturated heterocycles. The molecule has 5 atom stereocenters. The average molecular weight is 564 g/mol. The molecule has 0 aromatic heterocycles. The zero-order valence-corrected chi connectivity index (χ0v) is 22.8. The lowest BCUT2D eigenvalue weighted by Gasteiger charge is -2.40. The number of carbonyl (C=O) groups excluding carboxylic acids is 1. The van der Waals surface area contributed by atoms with Crippen molar-refractivity contribution in [3.05, 3.63) is 24.3 Å². The topological polar surface area (TPSA) is 97.4 Å². The fourth-order valence-corrected chi connectivity index (χ4v) is 7.13. The lowest BCUT2D eigenvalue weighted by molar-refractivity contribution is -0.274. The lowest BCUT2D eigenvalue weighted by atomic mass is 9.97. The number of halogens is 3. The minimum Gasteiger partial charge on any atom is -0.444 e. The van der Waals surface area contributed by atoms with E-state index in [-0.39, 0.29) is 28.8 Å². The summed E-state index contributed by atoms with van der Waals surface area (Å²) in [6, 6.07) is 4.05. The third-order valence-electron chi connectivity index (χ3n) is 7.37. The minimum atomic E-state index is -4.85. The summed E-state index contributed by atoms with van der Waals surface area (Å²) in [7, 11) is -2.18. The van der Waals surface area contributed by atoms with Crippen LogP contribution in [-0.2, 0) is 19.5 Å². The van der Waals surface area contributed by atoms with Gasteiger partial charge >= 0.3 is 12.5 Å². The third-order valence-corrected chi connectivity index (χ3v) is 9.21. The summed E-state index contributed by atoms with van der Waals surface area (Å²) in [4.78, 5) is 14.2. The molecule has 4 rings (SSSR count). The second-order valence-electron chi connectivity index (χ2n) is 11.2. The number of hydrogen-bond donors (Lipinski definition) is 1. The van der Waals surface area contributed by atoms with Crippen molar-refractivity contribution in [3.8, 4) is 5.75 Å². The van der Waals surface area contributed by atoms with Gasteiger partial charge in [0.15, 0.2) is 0 Å². The number of likely N-dealkylation sites (N-methyl/N-ethyl adjacent to an activating group) is 1. The maximum absolute atomic E-state index is 13.2. The van der Waals surface area contributed by atoms with Crippen LogP contribution >= 0.6 is 0 Å². The number of hydrogen-bond acceptors (Lipinski definition) is 7. The van der Waals surface area contributed by atoms with Crippen LogP contribution in [0.1, 0.15) is 46.5 Å². The highest BCUT2D eigenvalue weighted by Gasteiger charge is 2.48. The molecule has 2 heterocycles. The lowest BCUT2D eigenvalue weighted by Crippen LogP contribution is -2.57. The Hall–Kier alpha value is -2.09. The van der Waals surface area contributed by atoms with E-state index in [1.807, 2.05) is 20.8 Å². The Labute approximate surface area is 221 Å². The highest BCUT2D eigenvalue weighted by Crippen LogP contribution is 2.41. The summed E-state index contributed by atoms with van der Waals surface area (Å²) >= 11 is 0. The number of benzene rings is 1. The van der Waals surface area contributed by atoms with Crippen molar-refractivity contribution in [1.29, 1.82) is 0 Å². The molecular formula is C25H36F3N3O6S. The van der Waals surface area contributed by atoms with E-state index in [2.05, 4.69) is 10.1 Å². The monoisotopic (exact) mass is 563 g/mol. The van der Waals surface area contributed by atoms with Gasteiger partial charge in [-0.05, 0) is 82.6 Å². The van der Waals surface area contributed by atoms with Crippen molar-refractivity contribution in [1.82, 2.24) is 14.5 Å². The van der Waals surface area contributed by atoms with Crippen molar-refractivity contribution in [2.24, 2.45) is 11.8 Å².